The molecule has 0 aliphatic carbocycles. The Morgan fingerprint density at radius 1 is 1.04 bits per heavy atom. The molecule has 1 heterocycles. The van der Waals surface area contributed by atoms with Gasteiger partial charge in [-0.3, -0.25) is 0 Å². The molecule has 1 aliphatic rings. The molecule has 2 aromatic carbocycles. The zero-order valence-corrected chi connectivity index (χ0v) is 16.6. The molecule has 2 N–H and O–H groups in total. The quantitative estimate of drug-likeness (QED) is 0.750. The van der Waals surface area contributed by atoms with E-state index in [1.54, 1.807) is 0 Å². The fourth-order valence-electron chi connectivity index (χ4n) is 3.74. The van der Waals surface area contributed by atoms with Gasteiger partial charge in [0.1, 0.15) is 25.0 Å². The number of aliphatic hydroxyl groups excluding tert-OH is 1. The maximum atomic E-state index is 10.5. The molecule has 0 amide bonds. The minimum Gasteiger partial charge on any atom is -0.490 e. The van der Waals surface area contributed by atoms with Gasteiger partial charge in [-0.05, 0) is 36.1 Å². The van der Waals surface area contributed by atoms with Crippen LogP contribution < -0.4 is 14.5 Å². The van der Waals surface area contributed by atoms with Crippen LogP contribution in [0.5, 0.6) is 5.75 Å². The van der Waals surface area contributed by atoms with E-state index in [9.17, 15) is 5.11 Å². The van der Waals surface area contributed by atoms with Crippen LogP contribution in [0.3, 0.4) is 0 Å². The van der Waals surface area contributed by atoms with Gasteiger partial charge in [0.05, 0.1) is 26.2 Å². The second kappa shape index (κ2) is 9.77. The molecule has 0 spiro atoms. The maximum absolute atomic E-state index is 10.5. The van der Waals surface area contributed by atoms with Crippen molar-refractivity contribution in [1.82, 2.24) is 0 Å². The molecule has 0 aromatic heterocycles. The lowest BCUT2D eigenvalue weighted by Crippen LogP contribution is -3.16. The number of anilines is 1. The predicted octanol–water partition coefficient (Wildman–Crippen LogP) is 2.34. The normalized spacial score (nSPS) is 17.5. The Kier molecular flexibility index (Phi) is 7.13. The van der Waals surface area contributed by atoms with E-state index in [1.165, 1.54) is 16.2 Å². The van der Waals surface area contributed by atoms with Gasteiger partial charge in [0.15, 0.2) is 0 Å². The monoisotopic (exact) mass is 369 g/mol. The molecule has 2 aromatic rings. The number of quaternary nitrogens is 1. The summed E-state index contributed by atoms with van der Waals surface area (Å²) in [6, 6.07) is 18.8. The molecule has 1 fully saturated rings. The minimum absolute atomic E-state index is 0.360. The summed E-state index contributed by atoms with van der Waals surface area (Å²) < 4.78 is 5.98. The van der Waals surface area contributed by atoms with Gasteiger partial charge in [-0.25, -0.2) is 0 Å². The fraction of sp³-hybridized carbons (Fsp3) is 0.478. The number of ether oxygens (including phenoxy) is 1. The summed E-state index contributed by atoms with van der Waals surface area (Å²) in [6.45, 7) is 9.68. The second-order valence-electron chi connectivity index (χ2n) is 7.59. The third-order valence-corrected chi connectivity index (χ3v) is 5.61. The number of rotatable bonds is 8. The molecule has 4 nitrogen and oxygen atoms in total. The standard InChI is InChI=1S/C23H32N2O2/c1-3-19(2)22-11-7-8-12-23(22)27-18-21(26)17-24-13-15-25(16-14-24)20-9-5-4-6-10-20/h4-12,19,21,26H,3,13-18H2,1-2H3/p+1/t19-,21-/m0/s1. The van der Waals surface area contributed by atoms with Crippen LogP contribution in [0.2, 0.25) is 0 Å². The van der Waals surface area contributed by atoms with E-state index in [0.29, 0.717) is 12.5 Å². The number of nitrogens with one attached hydrogen (secondary N) is 1. The second-order valence-corrected chi connectivity index (χ2v) is 7.59. The van der Waals surface area contributed by atoms with Gasteiger partial charge in [-0.2, -0.15) is 0 Å². The molecule has 1 saturated heterocycles. The molecule has 146 valence electrons. The molecule has 0 radical (unpaired) electrons. The summed E-state index contributed by atoms with van der Waals surface area (Å²) in [5.41, 5.74) is 2.53. The summed E-state index contributed by atoms with van der Waals surface area (Å²) in [5, 5.41) is 10.5. The van der Waals surface area contributed by atoms with Gasteiger partial charge < -0.3 is 19.6 Å². The Labute approximate surface area is 163 Å². The summed E-state index contributed by atoms with van der Waals surface area (Å²) in [6.07, 6.45) is 0.645. The van der Waals surface area contributed by atoms with Gasteiger partial charge in [-0.1, -0.05) is 50.2 Å². The van der Waals surface area contributed by atoms with Crippen molar-refractivity contribution in [3.63, 3.8) is 0 Å². The van der Waals surface area contributed by atoms with Crippen molar-refractivity contribution in [2.24, 2.45) is 0 Å². The largest absolute Gasteiger partial charge is 0.490 e. The first-order chi connectivity index (χ1) is 13.2. The Hall–Kier alpha value is -2.04. The van der Waals surface area contributed by atoms with Crippen molar-refractivity contribution in [3.05, 3.63) is 60.2 Å². The van der Waals surface area contributed by atoms with Gasteiger partial charge in [-0.15, -0.1) is 0 Å². The number of benzene rings is 2. The highest BCUT2D eigenvalue weighted by molar-refractivity contribution is 5.46. The SMILES string of the molecule is CC[C@H](C)c1ccccc1OC[C@@H](O)C[NH+]1CCN(c2ccccc2)CC1. The van der Waals surface area contributed by atoms with Crippen LogP contribution in [0.1, 0.15) is 31.7 Å². The van der Waals surface area contributed by atoms with Gasteiger partial charge in [0, 0.05) is 5.69 Å². The Balaban J connectivity index is 1.45. The van der Waals surface area contributed by atoms with Crippen LogP contribution in [0.25, 0.3) is 0 Å². The Bertz CT molecular complexity index is 684. The van der Waals surface area contributed by atoms with Crippen LogP contribution in [0.4, 0.5) is 5.69 Å². The zero-order chi connectivity index (χ0) is 19.1. The highest BCUT2D eigenvalue weighted by Crippen LogP contribution is 2.28. The van der Waals surface area contributed by atoms with Crippen molar-refractivity contribution < 1.29 is 14.7 Å². The molecule has 4 heteroatoms. The summed E-state index contributed by atoms with van der Waals surface area (Å²) in [7, 11) is 0. The molecule has 1 aliphatic heterocycles. The lowest BCUT2D eigenvalue weighted by atomic mass is 9.98. The predicted molar refractivity (Wildman–Crippen MR) is 111 cm³/mol. The van der Waals surface area contributed by atoms with Crippen molar-refractivity contribution in [2.45, 2.75) is 32.3 Å². The number of nitrogens with zero attached hydrogens (tertiary/aromatic N) is 1. The third kappa shape index (κ3) is 5.47. The van der Waals surface area contributed by atoms with E-state index >= 15 is 0 Å². The molecule has 2 atom stereocenters. The molecular weight excluding hydrogens is 336 g/mol. The first-order valence-electron chi connectivity index (χ1n) is 10.2. The van der Waals surface area contributed by atoms with Crippen LogP contribution in [0.15, 0.2) is 54.6 Å². The van der Waals surface area contributed by atoms with Crippen molar-refractivity contribution in [1.29, 1.82) is 0 Å². The highest BCUT2D eigenvalue weighted by atomic mass is 16.5. The molecule has 0 bridgehead atoms. The summed E-state index contributed by atoms with van der Waals surface area (Å²) in [5.74, 6) is 1.38. The lowest BCUT2D eigenvalue weighted by molar-refractivity contribution is -0.903. The van der Waals surface area contributed by atoms with E-state index < -0.39 is 6.10 Å². The van der Waals surface area contributed by atoms with E-state index in [1.807, 2.05) is 12.1 Å². The maximum Gasteiger partial charge on any atom is 0.137 e. The van der Waals surface area contributed by atoms with Crippen LogP contribution in [0, 0.1) is 0 Å². The first-order valence-corrected chi connectivity index (χ1v) is 10.2. The third-order valence-electron chi connectivity index (χ3n) is 5.61. The van der Waals surface area contributed by atoms with Crippen molar-refractivity contribution in [3.8, 4) is 5.75 Å². The van der Waals surface area contributed by atoms with Crippen molar-refractivity contribution in [2.75, 3.05) is 44.2 Å². The Morgan fingerprint density at radius 2 is 1.70 bits per heavy atom. The first kappa shape index (κ1) is 19.7. The number of piperazine rings is 1. The van der Waals surface area contributed by atoms with Crippen LogP contribution >= 0.6 is 0 Å². The van der Waals surface area contributed by atoms with Gasteiger partial charge >= 0.3 is 0 Å². The van der Waals surface area contributed by atoms with E-state index in [4.69, 9.17) is 4.74 Å². The smallest absolute Gasteiger partial charge is 0.137 e. The number of aliphatic hydroxyl groups is 1. The van der Waals surface area contributed by atoms with Crippen LogP contribution in [-0.2, 0) is 0 Å². The molecular formula is C23H33N2O2+. The zero-order valence-electron chi connectivity index (χ0n) is 16.6. The van der Waals surface area contributed by atoms with Crippen LogP contribution in [-0.4, -0.2) is 50.5 Å². The number of para-hydroxylation sites is 2. The minimum atomic E-state index is -0.437. The van der Waals surface area contributed by atoms with E-state index in [0.717, 1.165) is 44.9 Å². The topological polar surface area (TPSA) is 37.1 Å². The number of hydrogen-bond donors (Lipinski definition) is 2. The fourth-order valence-corrected chi connectivity index (χ4v) is 3.74. The molecule has 3 rings (SSSR count). The van der Waals surface area contributed by atoms with Gasteiger partial charge in [0.2, 0.25) is 0 Å². The molecule has 0 unspecified atom stereocenters. The molecule has 0 saturated carbocycles. The lowest BCUT2D eigenvalue weighted by Gasteiger charge is -2.34. The van der Waals surface area contributed by atoms with Gasteiger partial charge in [0.25, 0.3) is 0 Å². The van der Waals surface area contributed by atoms with E-state index in [-0.39, 0.29) is 0 Å². The average Bonchev–Trinajstić information content (AvgIpc) is 2.73. The Morgan fingerprint density at radius 3 is 2.41 bits per heavy atom. The average molecular weight is 370 g/mol. The molecule has 27 heavy (non-hydrogen) atoms. The summed E-state index contributed by atoms with van der Waals surface area (Å²) >= 11 is 0. The van der Waals surface area contributed by atoms with Crippen molar-refractivity contribution >= 4 is 5.69 Å². The number of hydrogen-bond acceptors (Lipinski definition) is 3. The highest BCUT2D eigenvalue weighted by Gasteiger charge is 2.23. The summed E-state index contributed by atoms with van der Waals surface area (Å²) in [4.78, 5) is 3.88. The van der Waals surface area contributed by atoms with E-state index in [2.05, 4.69) is 61.2 Å².